The van der Waals surface area contributed by atoms with Gasteiger partial charge in [-0.3, -0.25) is 23.9 Å². The predicted octanol–water partition coefficient (Wildman–Crippen LogP) is 5.33. The highest BCUT2D eigenvalue weighted by Crippen LogP contribution is 2.28. The van der Waals surface area contributed by atoms with Gasteiger partial charge in [-0.1, -0.05) is 44.2 Å². The number of amides is 2. The van der Waals surface area contributed by atoms with Crippen LogP contribution < -0.4 is 16.2 Å². The fourth-order valence-electron chi connectivity index (χ4n) is 4.12. The van der Waals surface area contributed by atoms with Crippen molar-refractivity contribution in [2.75, 3.05) is 10.6 Å². The molecule has 186 valence electrons. The summed E-state index contributed by atoms with van der Waals surface area (Å²) in [4.78, 5) is 48.4. The fourth-order valence-corrected chi connectivity index (χ4v) is 5.16. The summed E-state index contributed by atoms with van der Waals surface area (Å²) in [6, 6.07) is 17.1. The van der Waals surface area contributed by atoms with Crippen molar-refractivity contribution >= 4 is 55.6 Å². The van der Waals surface area contributed by atoms with Gasteiger partial charge in [0.2, 0.25) is 5.91 Å². The number of thiophene rings is 1. The lowest BCUT2D eigenvalue weighted by Crippen LogP contribution is -2.28. The number of hydrogen-bond donors (Lipinski definition) is 2. The average molecular weight is 512 g/mol. The van der Waals surface area contributed by atoms with Crippen LogP contribution in [0.1, 0.15) is 40.6 Å². The van der Waals surface area contributed by atoms with Crippen LogP contribution in [0.4, 0.5) is 11.4 Å². The minimum atomic E-state index is -0.365. The van der Waals surface area contributed by atoms with E-state index < -0.39 is 0 Å². The zero-order valence-electron chi connectivity index (χ0n) is 20.6. The van der Waals surface area contributed by atoms with Crippen LogP contribution in [0.15, 0.2) is 71.9 Å². The number of carbonyl (C=O) groups excluding carboxylic acids is 2. The molecule has 2 N–H and O–H groups in total. The molecule has 2 aromatic carbocycles. The highest BCUT2D eigenvalue weighted by molar-refractivity contribution is 7.20. The molecule has 0 unspecified atom stereocenters. The quantitative estimate of drug-likeness (QED) is 0.321. The van der Waals surface area contributed by atoms with Gasteiger partial charge in [-0.2, -0.15) is 0 Å². The molecule has 0 aliphatic carbocycles. The van der Waals surface area contributed by atoms with Crippen LogP contribution in [-0.2, 0) is 11.3 Å². The molecule has 5 rings (SSSR count). The number of hydrogen-bond acceptors (Lipinski definition) is 6. The second-order valence-electron chi connectivity index (χ2n) is 9.11. The highest BCUT2D eigenvalue weighted by Gasteiger charge is 2.20. The summed E-state index contributed by atoms with van der Waals surface area (Å²) >= 11 is 1.15. The van der Waals surface area contributed by atoms with Crippen LogP contribution in [0.3, 0.4) is 0 Å². The first-order chi connectivity index (χ1) is 17.8. The molecule has 3 aromatic heterocycles. The van der Waals surface area contributed by atoms with E-state index in [1.54, 1.807) is 13.1 Å². The van der Waals surface area contributed by atoms with Gasteiger partial charge >= 0.3 is 0 Å². The summed E-state index contributed by atoms with van der Waals surface area (Å²) in [5.74, 6) is -0.285. The van der Waals surface area contributed by atoms with Gasteiger partial charge < -0.3 is 10.6 Å². The largest absolute Gasteiger partial charge is 0.325 e. The molecule has 9 heteroatoms. The van der Waals surface area contributed by atoms with Gasteiger partial charge in [-0.05, 0) is 48.2 Å². The Morgan fingerprint density at radius 3 is 2.51 bits per heavy atom. The van der Waals surface area contributed by atoms with Crippen molar-refractivity contribution in [2.24, 2.45) is 0 Å². The first-order valence-corrected chi connectivity index (χ1v) is 12.7. The van der Waals surface area contributed by atoms with E-state index in [1.165, 1.54) is 16.5 Å². The standard InChI is InChI=1S/C28H25N5O3S/c1-16(2)18-8-10-20(11-9-18)31-23(34)14-33-15-30-27-24(28(33)36)17(3)25(37-27)26(35)32-21-12-19-6-4-5-7-22(19)29-13-21/h4-13,15-16H,14H2,1-3H3,(H,31,34)(H,32,35). The third-order valence-electron chi connectivity index (χ3n) is 6.15. The Kier molecular flexibility index (Phi) is 6.54. The van der Waals surface area contributed by atoms with E-state index in [-0.39, 0.29) is 23.9 Å². The Morgan fingerprint density at radius 1 is 1.00 bits per heavy atom. The maximum atomic E-state index is 13.2. The van der Waals surface area contributed by atoms with Gasteiger partial charge in [-0.15, -0.1) is 11.3 Å². The molecular weight excluding hydrogens is 486 g/mol. The van der Waals surface area contributed by atoms with Crippen molar-refractivity contribution in [2.45, 2.75) is 33.2 Å². The number of carbonyl (C=O) groups is 2. The SMILES string of the molecule is Cc1c(C(=O)Nc2cnc3ccccc3c2)sc2ncn(CC(=O)Nc3ccc(C(C)C)cc3)c(=O)c12. The highest BCUT2D eigenvalue weighted by atomic mass is 32.1. The Bertz CT molecular complexity index is 1700. The summed E-state index contributed by atoms with van der Waals surface area (Å²) < 4.78 is 1.26. The van der Waals surface area contributed by atoms with Gasteiger partial charge in [0, 0.05) is 11.1 Å². The maximum absolute atomic E-state index is 13.2. The minimum Gasteiger partial charge on any atom is -0.325 e. The Balaban J connectivity index is 1.35. The molecule has 0 aliphatic rings. The molecule has 37 heavy (non-hydrogen) atoms. The summed E-state index contributed by atoms with van der Waals surface area (Å²) in [5, 5.41) is 6.93. The van der Waals surface area contributed by atoms with E-state index in [1.807, 2.05) is 54.6 Å². The fraction of sp³-hybridized carbons (Fsp3) is 0.179. The normalized spacial score (nSPS) is 11.2. The van der Waals surface area contributed by atoms with Crippen molar-refractivity contribution in [3.05, 3.63) is 93.5 Å². The Morgan fingerprint density at radius 2 is 1.76 bits per heavy atom. The van der Waals surface area contributed by atoms with Crippen LogP contribution >= 0.6 is 11.3 Å². The van der Waals surface area contributed by atoms with Crippen LogP contribution in [-0.4, -0.2) is 26.3 Å². The van der Waals surface area contributed by atoms with Gasteiger partial charge in [0.1, 0.15) is 11.4 Å². The number of fused-ring (bicyclic) bond motifs is 2. The van der Waals surface area contributed by atoms with E-state index in [0.717, 1.165) is 22.2 Å². The zero-order chi connectivity index (χ0) is 26.1. The van der Waals surface area contributed by atoms with Gasteiger partial charge in [-0.25, -0.2) is 4.98 Å². The van der Waals surface area contributed by atoms with Crippen LogP contribution in [0.2, 0.25) is 0 Å². The van der Waals surface area contributed by atoms with Gasteiger partial charge in [0.15, 0.2) is 0 Å². The second kappa shape index (κ2) is 9.94. The number of pyridine rings is 1. The average Bonchev–Trinajstić information content (AvgIpc) is 3.23. The second-order valence-corrected chi connectivity index (χ2v) is 10.1. The molecule has 5 aromatic rings. The van der Waals surface area contributed by atoms with E-state index in [0.29, 0.717) is 37.9 Å². The molecule has 3 heterocycles. The van der Waals surface area contributed by atoms with Crippen LogP contribution in [0.25, 0.3) is 21.1 Å². The molecule has 8 nitrogen and oxygen atoms in total. The van der Waals surface area contributed by atoms with Crippen LogP contribution in [0, 0.1) is 6.92 Å². The molecule has 0 saturated heterocycles. The molecule has 0 fully saturated rings. The molecule has 0 atom stereocenters. The van der Waals surface area contributed by atoms with Gasteiger partial charge in [0.25, 0.3) is 11.5 Å². The van der Waals surface area contributed by atoms with Crippen molar-refractivity contribution in [3.8, 4) is 0 Å². The summed E-state index contributed by atoms with van der Waals surface area (Å²) in [6.07, 6.45) is 2.94. The third kappa shape index (κ3) is 4.99. The molecule has 0 radical (unpaired) electrons. The first kappa shape index (κ1) is 24.3. The lowest BCUT2D eigenvalue weighted by Gasteiger charge is -2.09. The maximum Gasteiger partial charge on any atom is 0.266 e. The van der Waals surface area contributed by atoms with E-state index in [9.17, 15) is 14.4 Å². The monoisotopic (exact) mass is 511 g/mol. The number of aromatic nitrogens is 3. The third-order valence-corrected chi connectivity index (χ3v) is 7.35. The smallest absolute Gasteiger partial charge is 0.266 e. The van der Waals surface area contributed by atoms with E-state index in [4.69, 9.17) is 0 Å². The summed E-state index contributed by atoms with van der Waals surface area (Å²) in [7, 11) is 0. The number of nitrogens with zero attached hydrogens (tertiary/aromatic N) is 3. The number of aryl methyl sites for hydroxylation is 1. The Hall–Kier alpha value is -4.37. The first-order valence-electron chi connectivity index (χ1n) is 11.8. The van der Waals surface area contributed by atoms with Gasteiger partial charge in [0.05, 0.1) is 34.0 Å². The van der Waals surface area contributed by atoms with Crippen molar-refractivity contribution in [1.29, 1.82) is 0 Å². The van der Waals surface area contributed by atoms with E-state index >= 15 is 0 Å². The molecule has 0 aliphatic heterocycles. The Labute approximate surface area is 217 Å². The molecule has 0 saturated carbocycles. The van der Waals surface area contributed by atoms with Crippen molar-refractivity contribution < 1.29 is 9.59 Å². The van der Waals surface area contributed by atoms with E-state index in [2.05, 4.69) is 34.4 Å². The number of benzene rings is 2. The number of nitrogens with one attached hydrogen (secondary N) is 2. The molecule has 2 amide bonds. The lowest BCUT2D eigenvalue weighted by atomic mass is 10.0. The number of anilines is 2. The summed E-state index contributed by atoms with van der Waals surface area (Å²) in [6.45, 7) is 5.74. The summed E-state index contributed by atoms with van der Waals surface area (Å²) in [5.41, 5.74) is 3.39. The molecular formula is C28H25N5O3S. The minimum absolute atomic E-state index is 0.187. The van der Waals surface area contributed by atoms with Crippen LogP contribution in [0.5, 0.6) is 0 Å². The van der Waals surface area contributed by atoms with Crippen molar-refractivity contribution in [3.63, 3.8) is 0 Å². The number of rotatable bonds is 6. The van der Waals surface area contributed by atoms with Crippen molar-refractivity contribution in [1.82, 2.24) is 14.5 Å². The topological polar surface area (TPSA) is 106 Å². The molecule has 0 bridgehead atoms. The lowest BCUT2D eigenvalue weighted by molar-refractivity contribution is -0.116. The number of para-hydroxylation sites is 1. The molecule has 0 spiro atoms. The zero-order valence-corrected chi connectivity index (χ0v) is 21.4. The predicted molar refractivity (Wildman–Crippen MR) is 147 cm³/mol.